The lowest BCUT2D eigenvalue weighted by Gasteiger charge is -2.07. The second kappa shape index (κ2) is 6.28. The summed E-state index contributed by atoms with van der Waals surface area (Å²) in [6, 6.07) is 12.8. The maximum absolute atomic E-state index is 10.1. The molecule has 0 aliphatic carbocycles. The lowest BCUT2D eigenvalue weighted by atomic mass is 10.00. The van der Waals surface area contributed by atoms with E-state index in [-0.39, 0.29) is 5.75 Å². The molecule has 0 heterocycles. The van der Waals surface area contributed by atoms with Crippen LogP contribution in [-0.2, 0) is 6.42 Å². The molecule has 2 rings (SSSR count). The van der Waals surface area contributed by atoms with Crippen LogP contribution in [0.4, 0.5) is 0 Å². The lowest BCUT2D eigenvalue weighted by molar-refractivity contribution is 0.467. The minimum Gasteiger partial charge on any atom is -0.508 e. The first kappa shape index (κ1) is 13.5. The molecule has 100 valence electrons. The Kier molecular flexibility index (Phi) is 4.45. The summed E-state index contributed by atoms with van der Waals surface area (Å²) >= 11 is 0. The van der Waals surface area contributed by atoms with E-state index in [1.54, 1.807) is 18.2 Å². The van der Waals surface area contributed by atoms with Crippen molar-refractivity contribution in [2.45, 2.75) is 32.6 Å². The summed E-state index contributed by atoms with van der Waals surface area (Å²) in [6.07, 6.45) is 4.42. The highest BCUT2D eigenvalue weighted by atomic mass is 16.3. The van der Waals surface area contributed by atoms with Gasteiger partial charge in [0.05, 0.1) is 0 Å². The molecule has 0 aliphatic heterocycles. The normalized spacial score (nSPS) is 10.6. The van der Waals surface area contributed by atoms with Crippen molar-refractivity contribution in [2.75, 3.05) is 0 Å². The van der Waals surface area contributed by atoms with Crippen molar-refractivity contribution in [1.29, 1.82) is 0 Å². The molecule has 0 unspecified atom stereocenters. The quantitative estimate of drug-likeness (QED) is 0.773. The van der Waals surface area contributed by atoms with Crippen molar-refractivity contribution >= 4 is 0 Å². The molecule has 0 saturated heterocycles. The highest BCUT2D eigenvalue weighted by Crippen LogP contribution is 2.28. The Hall–Kier alpha value is -1.96. The van der Waals surface area contributed by atoms with Gasteiger partial charge < -0.3 is 10.2 Å². The Labute approximate surface area is 114 Å². The van der Waals surface area contributed by atoms with Crippen LogP contribution in [0.1, 0.15) is 31.7 Å². The largest absolute Gasteiger partial charge is 0.508 e. The summed E-state index contributed by atoms with van der Waals surface area (Å²) in [5.41, 5.74) is 2.97. The van der Waals surface area contributed by atoms with Gasteiger partial charge in [-0.3, -0.25) is 0 Å². The molecule has 0 amide bonds. The number of hydrogen-bond donors (Lipinski definition) is 2. The minimum atomic E-state index is 0.254. The zero-order chi connectivity index (χ0) is 13.7. The van der Waals surface area contributed by atoms with Crippen LogP contribution in [0.3, 0.4) is 0 Å². The summed E-state index contributed by atoms with van der Waals surface area (Å²) in [7, 11) is 0. The van der Waals surface area contributed by atoms with E-state index in [2.05, 4.69) is 6.92 Å². The molecule has 0 aliphatic rings. The van der Waals surface area contributed by atoms with Crippen molar-refractivity contribution in [3.05, 3.63) is 48.0 Å². The second-order valence-corrected chi connectivity index (χ2v) is 4.85. The highest BCUT2D eigenvalue weighted by molar-refractivity contribution is 5.66. The van der Waals surface area contributed by atoms with Crippen LogP contribution in [0, 0.1) is 0 Å². The number of phenolic OH excluding ortho intramolecular Hbond substituents is 2. The van der Waals surface area contributed by atoms with Crippen LogP contribution in [0.2, 0.25) is 0 Å². The van der Waals surface area contributed by atoms with Crippen LogP contribution >= 0.6 is 0 Å². The molecule has 2 N–H and O–H groups in total. The van der Waals surface area contributed by atoms with E-state index >= 15 is 0 Å². The first-order chi connectivity index (χ1) is 9.20. The van der Waals surface area contributed by atoms with Gasteiger partial charge in [0.1, 0.15) is 11.5 Å². The third-order valence-electron chi connectivity index (χ3n) is 3.34. The van der Waals surface area contributed by atoms with Gasteiger partial charge >= 0.3 is 0 Å². The van der Waals surface area contributed by atoms with Gasteiger partial charge in [0.15, 0.2) is 0 Å². The molecular weight excluding hydrogens is 236 g/mol. The van der Waals surface area contributed by atoms with Gasteiger partial charge in [-0.25, -0.2) is 0 Å². The highest BCUT2D eigenvalue weighted by Gasteiger charge is 2.04. The second-order valence-electron chi connectivity index (χ2n) is 4.85. The number of hydrogen-bond acceptors (Lipinski definition) is 2. The van der Waals surface area contributed by atoms with Crippen LogP contribution in [0.25, 0.3) is 11.1 Å². The Morgan fingerprint density at radius 1 is 0.842 bits per heavy atom. The average molecular weight is 256 g/mol. The molecule has 2 aromatic rings. The minimum absolute atomic E-state index is 0.254. The fourth-order valence-electron chi connectivity index (χ4n) is 2.17. The van der Waals surface area contributed by atoms with E-state index < -0.39 is 0 Å². The van der Waals surface area contributed by atoms with E-state index in [9.17, 15) is 10.2 Å². The predicted octanol–water partition coefficient (Wildman–Crippen LogP) is 4.50. The predicted molar refractivity (Wildman–Crippen MR) is 78.4 cm³/mol. The molecule has 2 aromatic carbocycles. The van der Waals surface area contributed by atoms with Gasteiger partial charge in [-0.15, -0.1) is 0 Å². The van der Waals surface area contributed by atoms with E-state index in [1.807, 2.05) is 24.3 Å². The maximum atomic E-state index is 10.1. The van der Waals surface area contributed by atoms with Crippen LogP contribution in [-0.4, -0.2) is 10.2 Å². The summed E-state index contributed by atoms with van der Waals surface area (Å²) in [6.45, 7) is 2.17. The molecule has 0 bridgehead atoms. The fraction of sp³-hybridized carbons (Fsp3) is 0.294. The fourth-order valence-corrected chi connectivity index (χ4v) is 2.17. The molecule has 2 heteroatoms. The summed E-state index contributed by atoms with van der Waals surface area (Å²) in [5.74, 6) is 0.617. The number of aromatic hydroxyl groups is 2. The monoisotopic (exact) mass is 256 g/mol. The molecular formula is C17H20O2. The van der Waals surface area contributed by atoms with Gasteiger partial charge in [-0.1, -0.05) is 44.0 Å². The molecule has 19 heavy (non-hydrogen) atoms. The van der Waals surface area contributed by atoms with Gasteiger partial charge in [0, 0.05) is 0 Å². The molecule has 0 spiro atoms. The van der Waals surface area contributed by atoms with Crippen LogP contribution in [0.15, 0.2) is 42.5 Å². The standard InChI is InChI=1S/C17H20O2/c1-2-3-4-5-14-6-7-15(12-17(14)19)13-8-10-16(18)11-9-13/h6-12,18-19H,2-5H2,1H3. The van der Waals surface area contributed by atoms with E-state index in [4.69, 9.17) is 0 Å². The molecule has 0 fully saturated rings. The SMILES string of the molecule is CCCCCc1ccc(-c2ccc(O)cc2)cc1O. The molecule has 0 saturated carbocycles. The van der Waals surface area contributed by atoms with Crippen molar-refractivity contribution in [2.24, 2.45) is 0 Å². The third kappa shape index (κ3) is 3.50. The number of aryl methyl sites for hydroxylation is 1. The summed E-state index contributed by atoms with van der Waals surface area (Å²) in [4.78, 5) is 0. The van der Waals surface area contributed by atoms with E-state index in [1.165, 1.54) is 12.8 Å². The third-order valence-corrected chi connectivity index (χ3v) is 3.34. The maximum Gasteiger partial charge on any atom is 0.119 e. The first-order valence-corrected chi connectivity index (χ1v) is 6.82. The first-order valence-electron chi connectivity index (χ1n) is 6.82. The molecule has 2 nitrogen and oxygen atoms in total. The Morgan fingerprint density at radius 3 is 2.16 bits per heavy atom. The van der Waals surface area contributed by atoms with E-state index in [0.717, 1.165) is 29.5 Å². The van der Waals surface area contributed by atoms with Crippen molar-refractivity contribution in [1.82, 2.24) is 0 Å². The summed E-state index contributed by atoms with van der Waals surface area (Å²) in [5, 5.41) is 19.3. The average Bonchev–Trinajstić information content (AvgIpc) is 2.42. The zero-order valence-electron chi connectivity index (χ0n) is 11.3. The van der Waals surface area contributed by atoms with Crippen molar-refractivity contribution in [3.8, 4) is 22.6 Å². The smallest absolute Gasteiger partial charge is 0.119 e. The molecule has 0 aromatic heterocycles. The van der Waals surface area contributed by atoms with Crippen molar-refractivity contribution < 1.29 is 10.2 Å². The van der Waals surface area contributed by atoms with Gasteiger partial charge in [0.25, 0.3) is 0 Å². The number of phenols is 2. The Bertz CT molecular complexity index is 529. The summed E-state index contributed by atoms with van der Waals surface area (Å²) < 4.78 is 0. The van der Waals surface area contributed by atoms with Crippen LogP contribution in [0.5, 0.6) is 11.5 Å². The number of rotatable bonds is 5. The van der Waals surface area contributed by atoms with Gasteiger partial charge in [0.2, 0.25) is 0 Å². The zero-order valence-corrected chi connectivity index (χ0v) is 11.3. The van der Waals surface area contributed by atoms with Gasteiger partial charge in [-0.05, 0) is 47.7 Å². The number of unbranched alkanes of at least 4 members (excludes halogenated alkanes) is 2. The van der Waals surface area contributed by atoms with E-state index in [0.29, 0.717) is 5.75 Å². The van der Waals surface area contributed by atoms with Gasteiger partial charge in [-0.2, -0.15) is 0 Å². The number of benzene rings is 2. The van der Waals surface area contributed by atoms with Crippen LogP contribution < -0.4 is 0 Å². The Morgan fingerprint density at radius 2 is 1.53 bits per heavy atom. The molecule has 0 radical (unpaired) electrons. The Balaban J connectivity index is 2.16. The lowest BCUT2D eigenvalue weighted by Crippen LogP contribution is -1.87. The van der Waals surface area contributed by atoms with Crippen molar-refractivity contribution in [3.63, 3.8) is 0 Å². The topological polar surface area (TPSA) is 40.5 Å². The molecule has 0 atom stereocenters.